The molecule has 1 aromatic heterocycles. The largest absolute Gasteiger partial charge is 0.480 e. The molecule has 0 saturated heterocycles. The third-order valence-corrected chi connectivity index (χ3v) is 3.55. The van der Waals surface area contributed by atoms with Crippen LogP contribution in [-0.4, -0.2) is 40.1 Å². The summed E-state index contributed by atoms with van der Waals surface area (Å²) < 4.78 is 0. The molecule has 0 fully saturated rings. The van der Waals surface area contributed by atoms with Crippen LogP contribution in [0.4, 0.5) is 10.5 Å². The molecule has 2 rings (SSSR count). The molecule has 0 bridgehead atoms. The normalized spacial score (nSPS) is 12.0. The molecule has 110 valence electrons. The van der Waals surface area contributed by atoms with Crippen molar-refractivity contribution in [1.82, 2.24) is 9.88 Å². The lowest BCUT2D eigenvalue weighted by atomic mass is 10.2. The Morgan fingerprint density at radius 1 is 1.38 bits per heavy atom. The maximum Gasteiger partial charge on any atom is 0.326 e. The van der Waals surface area contributed by atoms with E-state index in [-0.39, 0.29) is 0 Å². The van der Waals surface area contributed by atoms with E-state index in [1.807, 2.05) is 0 Å². The quantitative estimate of drug-likeness (QED) is 0.913. The van der Waals surface area contributed by atoms with Gasteiger partial charge in [-0.3, -0.25) is 4.98 Å². The highest BCUT2D eigenvalue weighted by molar-refractivity contribution is 6.35. The fourth-order valence-electron chi connectivity index (χ4n) is 1.78. The molecular weight excluding hydrogens is 294 g/mol. The predicted molar refractivity (Wildman–Crippen MR) is 80.6 cm³/mol. The third-order valence-electron chi connectivity index (χ3n) is 3.22. The highest BCUT2D eigenvalue weighted by Crippen LogP contribution is 2.28. The number of fused-ring (bicyclic) bond motifs is 1. The summed E-state index contributed by atoms with van der Waals surface area (Å²) in [4.78, 5) is 28.3. The van der Waals surface area contributed by atoms with Gasteiger partial charge in [0.05, 0.1) is 16.2 Å². The van der Waals surface area contributed by atoms with E-state index in [0.29, 0.717) is 21.6 Å². The van der Waals surface area contributed by atoms with E-state index in [1.54, 1.807) is 30.5 Å². The zero-order valence-corrected chi connectivity index (χ0v) is 12.3. The number of likely N-dealkylation sites (N-methyl/N-ethyl adjacent to an activating group) is 1. The number of amides is 2. The van der Waals surface area contributed by atoms with Crippen LogP contribution in [0.25, 0.3) is 10.9 Å². The molecule has 0 radical (unpaired) electrons. The minimum Gasteiger partial charge on any atom is -0.480 e. The van der Waals surface area contributed by atoms with E-state index in [0.717, 1.165) is 4.90 Å². The summed E-state index contributed by atoms with van der Waals surface area (Å²) in [5.41, 5.74) is 1.03. The van der Waals surface area contributed by atoms with Gasteiger partial charge in [-0.05, 0) is 31.2 Å². The Labute approximate surface area is 126 Å². The lowest BCUT2D eigenvalue weighted by molar-refractivity contribution is -0.141. The van der Waals surface area contributed by atoms with Crippen LogP contribution in [0.5, 0.6) is 0 Å². The topological polar surface area (TPSA) is 82.5 Å². The zero-order chi connectivity index (χ0) is 15.6. The standard InChI is InChI=1S/C14H14ClN3O3/c1-8(13(19)20)18(2)14(21)17-11-6-5-10(15)9-4-3-7-16-12(9)11/h3-8H,1-2H3,(H,17,21)(H,19,20). The first-order chi connectivity index (χ1) is 9.91. The minimum atomic E-state index is -1.08. The second-order valence-corrected chi connectivity index (χ2v) is 4.96. The summed E-state index contributed by atoms with van der Waals surface area (Å²) in [7, 11) is 1.42. The van der Waals surface area contributed by atoms with Gasteiger partial charge in [-0.1, -0.05) is 11.6 Å². The monoisotopic (exact) mass is 307 g/mol. The number of hydrogen-bond donors (Lipinski definition) is 2. The van der Waals surface area contributed by atoms with Crippen molar-refractivity contribution in [1.29, 1.82) is 0 Å². The van der Waals surface area contributed by atoms with Gasteiger partial charge in [0.1, 0.15) is 6.04 Å². The van der Waals surface area contributed by atoms with Crippen LogP contribution in [0.3, 0.4) is 0 Å². The number of halogens is 1. The molecule has 0 aliphatic heterocycles. The van der Waals surface area contributed by atoms with Crippen molar-refractivity contribution in [3.8, 4) is 0 Å². The summed E-state index contributed by atoms with van der Waals surface area (Å²) in [6, 6.07) is 5.37. The Morgan fingerprint density at radius 2 is 2.10 bits per heavy atom. The zero-order valence-electron chi connectivity index (χ0n) is 11.5. The number of carboxylic acid groups (broad SMARTS) is 1. The number of carbonyl (C=O) groups excluding carboxylic acids is 1. The van der Waals surface area contributed by atoms with Crippen LogP contribution in [0.2, 0.25) is 5.02 Å². The number of nitrogens with zero attached hydrogens (tertiary/aromatic N) is 2. The van der Waals surface area contributed by atoms with Crippen LogP contribution in [0.1, 0.15) is 6.92 Å². The summed E-state index contributed by atoms with van der Waals surface area (Å²) in [5, 5.41) is 12.8. The van der Waals surface area contributed by atoms with Gasteiger partial charge in [-0.2, -0.15) is 0 Å². The molecule has 0 aliphatic rings. The molecular formula is C14H14ClN3O3. The van der Waals surface area contributed by atoms with Gasteiger partial charge in [0.25, 0.3) is 0 Å². The van der Waals surface area contributed by atoms with E-state index < -0.39 is 18.0 Å². The second kappa shape index (κ2) is 5.97. The van der Waals surface area contributed by atoms with Crippen LogP contribution in [0, 0.1) is 0 Å². The number of hydrogen-bond acceptors (Lipinski definition) is 3. The van der Waals surface area contributed by atoms with Gasteiger partial charge in [0.15, 0.2) is 0 Å². The van der Waals surface area contributed by atoms with Crippen LogP contribution in [-0.2, 0) is 4.79 Å². The Kier molecular flexibility index (Phi) is 4.28. The van der Waals surface area contributed by atoms with Crippen molar-refractivity contribution in [3.63, 3.8) is 0 Å². The fraction of sp³-hybridized carbons (Fsp3) is 0.214. The first-order valence-corrected chi connectivity index (χ1v) is 6.59. The molecule has 0 saturated carbocycles. The van der Waals surface area contributed by atoms with Crippen LogP contribution < -0.4 is 5.32 Å². The minimum absolute atomic E-state index is 0.476. The summed E-state index contributed by atoms with van der Waals surface area (Å²) in [6.45, 7) is 1.43. The summed E-state index contributed by atoms with van der Waals surface area (Å²) in [5.74, 6) is -1.08. The van der Waals surface area contributed by atoms with Crippen molar-refractivity contribution >= 4 is 40.2 Å². The maximum absolute atomic E-state index is 12.1. The number of anilines is 1. The highest BCUT2D eigenvalue weighted by atomic mass is 35.5. The first kappa shape index (κ1) is 15.1. The number of pyridine rings is 1. The van der Waals surface area contributed by atoms with Gasteiger partial charge >= 0.3 is 12.0 Å². The van der Waals surface area contributed by atoms with E-state index >= 15 is 0 Å². The molecule has 0 spiro atoms. The Hall–Kier alpha value is -2.34. The van der Waals surface area contributed by atoms with Crippen molar-refractivity contribution in [2.45, 2.75) is 13.0 Å². The smallest absolute Gasteiger partial charge is 0.326 e. The molecule has 1 unspecified atom stereocenters. The van der Waals surface area contributed by atoms with Crippen molar-refractivity contribution < 1.29 is 14.7 Å². The number of nitrogens with one attached hydrogen (secondary N) is 1. The van der Waals surface area contributed by atoms with Crippen molar-refractivity contribution in [2.75, 3.05) is 12.4 Å². The van der Waals surface area contributed by atoms with E-state index in [4.69, 9.17) is 16.7 Å². The molecule has 1 atom stereocenters. The van der Waals surface area contributed by atoms with E-state index in [1.165, 1.54) is 14.0 Å². The van der Waals surface area contributed by atoms with E-state index in [9.17, 15) is 9.59 Å². The van der Waals surface area contributed by atoms with Crippen LogP contribution in [0.15, 0.2) is 30.5 Å². The average Bonchev–Trinajstić information content (AvgIpc) is 2.48. The van der Waals surface area contributed by atoms with Gasteiger partial charge in [0.2, 0.25) is 0 Å². The third kappa shape index (κ3) is 3.05. The lowest BCUT2D eigenvalue weighted by Crippen LogP contribution is -2.42. The molecule has 1 heterocycles. The average molecular weight is 308 g/mol. The van der Waals surface area contributed by atoms with Crippen molar-refractivity contribution in [2.24, 2.45) is 0 Å². The summed E-state index contributed by atoms with van der Waals surface area (Å²) in [6.07, 6.45) is 1.60. The molecule has 21 heavy (non-hydrogen) atoms. The summed E-state index contributed by atoms with van der Waals surface area (Å²) >= 11 is 6.08. The molecule has 1 aromatic carbocycles. The number of urea groups is 1. The van der Waals surface area contributed by atoms with Gasteiger partial charge in [-0.25, -0.2) is 9.59 Å². The van der Waals surface area contributed by atoms with Gasteiger partial charge < -0.3 is 15.3 Å². The molecule has 6 nitrogen and oxygen atoms in total. The molecule has 0 aliphatic carbocycles. The number of rotatable bonds is 3. The Balaban J connectivity index is 2.30. The molecule has 2 amide bonds. The molecule has 2 aromatic rings. The van der Waals surface area contributed by atoms with Crippen molar-refractivity contribution in [3.05, 3.63) is 35.5 Å². The van der Waals surface area contributed by atoms with Gasteiger partial charge in [0, 0.05) is 18.6 Å². The highest BCUT2D eigenvalue weighted by Gasteiger charge is 2.22. The lowest BCUT2D eigenvalue weighted by Gasteiger charge is -2.22. The SMILES string of the molecule is CC(C(=O)O)N(C)C(=O)Nc1ccc(Cl)c2cccnc12. The predicted octanol–water partition coefficient (Wildman–Crippen LogP) is 2.83. The number of aromatic nitrogens is 1. The second-order valence-electron chi connectivity index (χ2n) is 4.55. The first-order valence-electron chi connectivity index (χ1n) is 6.21. The number of carbonyl (C=O) groups is 2. The van der Waals surface area contributed by atoms with E-state index in [2.05, 4.69) is 10.3 Å². The maximum atomic E-state index is 12.1. The number of carboxylic acids is 1. The fourth-order valence-corrected chi connectivity index (χ4v) is 2.00. The molecule has 2 N–H and O–H groups in total. The number of aliphatic carboxylic acids is 1. The van der Waals surface area contributed by atoms with Gasteiger partial charge in [-0.15, -0.1) is 0 Å². The molecule has 7 heteroatoms. The van der Waals surface area contributed by atoms with Crippen LogP contribution >= 0.6 is 11.6 Å². The Bertz CT molecular complexity index is 705. The Morgan fingerprint density at radius 3 is 2.76 bits per heavy atom. The number of benzene rings is 1.